The predicted octanol–water partition coefficient (Wildman–Crippen LogP) is 1.59. The molecule has 1 rings (SSSR count). The van der Waals surface area contributed by atoms with E-state index in [1.54, 1.807) is 0 Å². The van der Waals surface area contributed by atoms with Crippen molar-refractivity contribution in [1.29, 1.82) is 0 Å². The monoisotopic (exact) mass is 273 g/mol. The van der Waals surface area contributed by atoms with E-state index >= 15 is 0 Å². The van der Waals surface area contributed by atoms with Crippen LogP contribution in [-0.4, -0.2) is 32.2 Å². The van der Waals surface area contributed by atoms with E-state index in [2.05, 4.69) is 4.98 Å². The second-order valence-corrected chi connectivity index (χ2v) is 5.29. The maximum absolute atomic E-state index is 13.0. The summed E-state index contributed by atoms with van der Waals surface area (Å²) in [5, 5.41) is 19.6. The minimum Gasteiger partial charge on any atom is -0.390 e. The Morgan fingerprint density at radius 1 is 1.56 bits per heavy atom. The molecule has 6 heteroatoms. The van der Waals surface area contributed by atoms with Crippen molar-refractivity contribution in [3.05, 3.63) is 29.3 Å². The smallest absolute Gasteiger partial charge is 0.215 e. The Morgan fingerprint density at radius 2 is 2.22 bits per heavy atom. The Labute approximate surface area is 109 Å². The van der Waals surface area contributed by atoms with Crippen LogP contribution in [-0.2, 0) is 4.79 Å². The number of aliphatic hydroxyl groups is 2. The first-order chi connectivity index (χ1) is 8.41. The molecule has 0 aromatic carbocycles. The summed E-state index contributed by atoms with van der Waals surface area (Å²) in [6.07, 6.45) is -0.635. The summed E-state index contributed by atoms with van der Waals surface area (Å²) in [6, 6.07) is 1.45. The number of pyridine rings is 1. The zero-order valence-corrected chi connectivity index (χ0v) is 11.1. The van der Waals surface area contributed by atoms with Gasteiger partial charge in [0.25, 0.3) is 0 Å². The summed E-state index contributed by atoms with van der Waals surface area (Å²) in [5.74, 6) is -0.158. The number of hydrogen-bond acceptors (Lipinski definition) is 5. The molecule has 1 aromatic heterocycles. The van der Waals surface area contributed by atoms with Crippen LogP contribution in [0.1, 0.15) is 30.6 Å². The molecule has 18 heavy (non-hydrogen) atoms. The highest BCUT2D eigenvalue weighted by Crippen LogP contribution is 2.21. The van der Waals surface area contributed by atoms with Crippen LogP contribution in [0.4, 0.5) is 4.39 Å². The molecule has 4 nitrogen and oxygen atoms in total. The van der Waals surface area contributed by atoms with Crippen LogP contribution in [0.2, 0.25) is 0 Å². The molecule has 0 saturated heterocycles. The fourth-order valence-corrected chi connectivity index (χ4v) is 2.09. The minimum atomic E-state index is -1.12. The van der Waals surface area contributed by atoms with Gasteiger partial charge >= 0.3 is 0 Å². The fourth-order valence-electron chi connectivity index (χ4n) is 1.45. The largest absolute Gasteiger partial charge is 0.390 e. The standard InChI is InChI=1S/C12H16FNO3S/c1-7-5-9(6-14-12(7)13)11(17)10(16)3-4-18-8(2)15/h5-6,10-11,16-17H,3-4H2,1-2H3. The van der Waals surface area contributed by atoms with Crippen molar-refractivity contribution >= 4 is 16.9 Å². The number of aromatic nitrogens is 1. The molecule has 2 unspecified atom stereocenters. The first-order valence-corrected chi connectivity index (χ1v) is 6.52. The van der Waals surface area contributed by atoms with Crippen molar-refractivity contribution in [1.82, 2.24) is 4.98 Å². The Balaban J connectivity index is 2.59. The molecule has 0 aliphatic rings. The number of carbonyl (C=O) groups excluding carboxylic acids is 1. The van der Waals surface area contributed by atoms with E-state index in [-0.39, 0.29) is 11.5 Å². The average Bonchev–Trinajstić information content (AvgIpc) is 2.31. The molecule has 0 amide bonds. The molecule has 2 atom stereocenters. The molecule has 1 aromatic rings. The third kappa shape index (κ3) is 4.36. The molecule has 2 N–H and O–H groups in total. The average molecular weight is 273 g/mol. The van der Waals surface area contributed by atoms with Gasteiger partial charge in [0.2, 0.25) is 5.95 Å². The number of aryl methyl sites for hydroxylation is 1. The predicted molar refractivity (Wildman–Crippen MR) is 67.7 cm³/mol. The highest BCUT2D eigenvalue weighted by atomic mass is 32.2. The van der Waals surface area contributed by atoms with E-state index in [0.29, 0.717) is 16.9 Å². The van der Waals surface area contributed by atoms with E-state index in [1.807, 2.05) is 0 Å². The van der Waals surface area contributed by atoms with Gasteiger partial charge in [-0.3, -0.25) is 4.79 Å². The normalized spacial score (nSPS) is 14.3. The zero-order valence-electron chi connectivity index (χ0n) is 10.3. The number of rotatable bonds is 5. The van der Waals surface area contributed by atoms with Gasteiger partial charge in [-0.2, -0.15) is 4.39 Å². The number of hydrogen-bond donors (Lipinski definition) is 2. The first kappa shape index (κ1) is 15.1. The lowest BCUT2D eigenvalue weighted by Gasteiger charge is -2.17. The lowest BCUT2D eigenvalue weighted by atomic mass is 10.0. The van der Waals surface area contributed by atoms with Gasteiger partial charge in [0.1, 0.15) is 6.10 Å². The molecule has 0 bridgehead atoms. The van der Waals surface area contributed by atoms with Crippen LogP contribution in [0.3, 0.4) is 0 Å². The molecule has 0 radical (unpaired) electrons. The van der Waals surface area contributed by atoms with E-state index in [4.69, 9.17) is 0 Å². The maximum Gasteiger partial charge on any atom is 0.215 e. The maximum atomic E-state index is 13.0. The first-order valence-electron chi connectivity index (χ1n) is 5.53. The van der Waals surface area contributed by atoms with Gasteiger partial charge in [-0.25, -0.2) is 4.98 Å². The Kier molecular flexibility index (Phi) is 5.71. The number of nitrogens with zero attached hydrogens (tertiary/aromatic N) is 1. The quantitative estimate of drug-likeness (QED) is 0.797. The summed E-state index contributed by atoms with van der Waals surface area (Å²) in [7, 11) is 0. The number of halogens is 1. The van der Waals surface area contributed by atoms with Crippen molar-refractivity contribution in [2.75, 3.05) is 5.75 Å². The third-order valence-corrected chi connectivity index (χ3v) is 3.31. The van der Waals surface area contributed by atoms with Crippen molar-refractivity contribution in [2.45, 2.75) is 32.5 Å². The van der Waals surface area contributed by atoms with Crippen LogP contribution in [0, 0.1) is 12.9 Å². The molecular formula is C12H16FNO3S. The van der Waals surface area contributed by atoms with Gasteiger partial charge in [-0.1, -0.05) is 11.8 Å². The number of aliphatic hydroxyl groups excluding tert-OH is 2. The van der Waals surface area contributed by atoms with Crippen LogP contribution >= 0.6 is 11.8 Å². The highest BCUT2D eigenvalue weighted by molar-refractivity contribution is 8.13. The lowest BCUT2D eigenvalue weighted by Crippen LogP contribution is -2.19. The van der Waals surface area contributed by atoms with Crippen molar-refractivity contribution in [2.24, 2.45) is 0 Å². The van der Waals surface area contributed by atoms with Gasteiger partial charge in [0, 0.05) is 30.0 Å². The van der Waals surface area contributed by atoms with Gasteiger partial charge < -0.3 is 10.2 Å². The zero-order chi connectivity index (χ0) is 13.7. The summed E-state index contributed by atoms with van der Waals surface area (Å²) < 4.78 is 13.0. The van der Waals surface area contributed by atoms with Crippen molar-refractivity contribution in [3.8, 4) is 0 Å². The molecular weight excluding hydrogens is 257 g/mol. The molecule has 0 aliphatic heterocycles. The van der Waals surface area contributed by atoms with E-state index in [9.17, 15) is 19.4 Å². The van der Waals surface area contributed by atoms with Gasteiger partial charge in [-0.15, -0.1) is 0 Å². The van der Waals surface area contributed by atoms with Crippen molar-refractivity contribution in [3.63, 3.8) is 0 Å². The van der Waals surface area contributed by atoms with E-state index in [0.717, 1.165) is 11.8 Å². The van der Waals surface area contributed by atoms with Gasteiger partial charge in [-0.05, 0) is 19.4 Å². The second-order valence-electron chi connectivity index (χ2n) is 4.02. The molecule has 0 spiro atoms. The van der Waals surface area contributed by atoms with Crippen LogP contribution < -0.4 is 0 Å². The Morgan fingerprint density at radius 3 is 2.78 bits per heavy atom. The summed E-state index contributed by atoms with van der Waals surface area (Å²) in [4.78, 5) is 14.2. The fraction of sp³-hybridized carbons (Fsp3) is 0.500. The lowest BCUT2D eigenvalue weighted by molar-refractivity contribution is -0.109. The second kappa shape index (κ2) is 6.82. The topological polar surface area (TPSA) is 70.4 Å². The summed E-state index contributed by atoms with van der Waals surface area (Å²) >= 11 is 1.09. The van der Waals surface area contributed by atoms with Crippen LogP contribution in [0.5, 0.6) is 0 Å². The number of thioether (sulfide) groups is 1. The summed E-state index contributed by atoms with van der Waals surface area (Å²) in [6.45, 7) is 2.98. The SMILES string of the molecule is CC(=O)SCCC(O)C(O)c1cnc(F)c(C)c1. The molecule has 100 valence electrons. The van der Waals surface area contributed by atoms with E-state index < -0.39 is 18.2 Å². The summed E-state index contributed by atoms with van der Waals surface area (Å²) in [5.41, 5.74) is 0.686. The van der Waals surface area contributed by atoms with Crippen LogP contribution in [0.25, 0.3) is 0 Å². The Hall–Kier alpha value is -0.980. The third-order valence-electron chi connectivity index (χ3n) is 2.46. The minimum absolute atomic E-state index is 0.0315. The molecule has 0 aliphatic carbocycles. The molecule has 1 heterocycles. The van der Waals surface area contributed by atoms with Crippen molar-refractivity contribution < 1.29 is 19.4 Å². The molecule has 0 saturated carbocycles. The van der Waals surface area contributed by atoms with Crippen LogP contribution in [0.15, 0.2) is 12.3 Å². The molecule has 0 fully saturated rings. The highest BCUT2D eigenvalue weighted by Gasteiger charge is 2.19. The van der Waals surface area contributed by atoms with Gasteiger partial charge in [0.15, 0.2) is 5.12 Å². The van der Waals surface area contributed by atoms with E-state index in [1.165, 1.54) is 26.1 Å². The Bertz CT molecular complexity index is 428. The van der Waals surface area contributed by atoms with Gasteiger partial charge in [0.05, 0.1) is 6.10 Å². The number of carbonyl (C=O) groups is 1.